The zero-order valence-corrected chi connectivity index (χ0v) is 17.3. The van der Waals surface area contributed by atoms with E-state index in [0.29, 0.717) is 22.3 Å². The van der Waals surface area contributed by atoms with E-state index in [2.05, 4.69) is 15.2 Å². The Bertz CT molecular complexity index is 1290. The summed E-state index contributed by atoms with van der Waals surface area (Å²) in [6.45, 7) is 2.16. The summed E-state index contributed by atoms with van der Waals surface area (Å²) in [6.07, 6.45) is 0. The molecule has 2 aromatic carbocycles. The number of nitro groups is 1. The van der Waals surface area contributed by atoms with Crippen LogP contribution in [-0.4, -0.2) is 26.9 Å². The summed E-state index contributed by atoms with van der Waals surface area (Å²) in [5.41, 5.74) is 3.34. The summed E-state index contributed by atoms with van der Waals surface area (Å²) < 4.78 is 11.8. The molecule has 0 saturated carbocycles. The minimum absolute atomic E-state index is 0.0759. The number of benzene rings is 2. The summed E-state index contributed by atoms with van der Waals surface area (Å²) in [4.78, 5) is 15.3. The van der Waals surface area contributed by atoms with Gasteiger partial charge in [0.25, 0.3) is 5.69 Å². The van der Waals surface area contributed by atoms with E-state index in [-0.39, 0.29) is 12.5 Å². The topological polar surface area (TPSA) is 100 Å². The number of nitro benzene ring substituents is 1. The molecule has 3 heterocycles. The van der Waals surface area contributed by atoms with E-state index in [1.165, 1.54) is 17.8 Å². The molecule has 1 aliphatic rings. The highest BCUT2D eigenvalue weighted by atomic mass is 32.2. The molecule has 0 spiro atoms. The minimum Gasteiger partial charge on any atom is -0.454 e. The molecular formula is C20H14N4O4S2. The van der Waals surface area contributed by atoms with Crippen LogP contribution in [-0.2, 0) is 5.75 Å². The van der Waals surface area contributed by atoms with Gasteiger partial charge in [0.15, 0.2) is 11.5 Å². The van der Waals surface area contributed by atoms with Gasteiger partial charge in [0, 0.05) is 23.4 Å². The van der Waals surface area contributed by atoms with E-state index in [1.807, 2.05) is 31.2 Å². The van der Waals surface area contributed by atoms with Crippen LogP contribution in [0, 0.1) is 17.0 Å². The van der Waals surface area contributed by atoms with E-state index >= 15 is 0 Å². The molecule has 0 atom stereocenters. The zero-order valence-electron chi connectivity index (χ0n) is 15.7. The minimum atomic E-state index is -0.393. The van der Waals surface area contributed by atoms with Crippen molar-refractivity contribution < 1.29 is 14.4 Å². The second-order valence-electron chi connectivity index (χ2n) is 6.55. The Hall–Kier alpha value is -3.24. The van der Waals surface area contributed by atoms with E-state index in [9.17, 15) is 10.1 Å². The van der Waals surface area contributed by atoms with Crippen molar-refractivity contribution in [2.24, 2.45) is 0 Å². The Labute approximate surface area is 179 Å². The van der Waals surface area contributed by atoms with Crippen molar-refractivity contribution in [3.05, 3.63) is 63.1 Å². The molecule has 2 aromatic heterocycles. The predicted octanol–water partition coefficient (Wildman–Crippen LogP) is 4.99. The van der Waals surface area contributed by atoms with Crippen molar-refractivity contribution in [1.29, 1.82) is 0 Å². The first-order valence-electron chi connectivity index (χ1n) is 8.98. The van der Waals surface area contributed by atoms with Gasteiger partial charge in [-0.1, -0.05) is 23.9 Å². The first-order chi connectivity index (χ1) is 14.6. The van der Waals surface area contributed by atoms with Crippen LogP contribution in [0.1, 0.15) is 10.6 Å². The number of hydrogen-bond donors (Lipinski definition) is 0. The molecule has 8 nitrogen and oxygen atoms in total. The number of thiazole rings is 1. The molecule has 150 valence electrons. The molecule has 4 aromatic rings. The van der Waals surface area contributed by atoms with Gasteiger partial charge in [0.05, 0.1) is 14.6 Å². The lowest BCUT2D eigenvalue weighted by Crippen LogP contribution is -1.94. The lowest BCUT2D eigenvalue weighted by Gasteiger charge is -2.06. The molecule has 0 fully saturated rings. The molecule has 0 bridgehead atoms. The van der Waals surface area contributed by atoms with Gasteiger partial charge >= 0.3 is 0 Å². The summed E-state index contributed by atoms with van der Waals surface area (Å²) in [5.74, 6) is 1.94. The molecule has 0 saturated heterocycles. The van der Waals surface area contributed by atoms with E-state index in [0.717, 1.165) is 32.0 Å². The zero-order chi connectivity index (χ0) is 20.7. The number of aromatic nitrogens is 3. The van der Waals surface area contributed by atoms with Crippen molar-refractivity contribution >= 4 is 39.0 Å². The second-order valence-corrected chi connectivity index (χ2v) is 8.72. The number of thioether (sulfide) groups is 1. The number of hydrogen-bond acceptors (Lipinski definition) is 9. The summed E-state index contributed by atoms with van der Waals surface area (Å²) >= 11 is 3.02. The van der Waals surface area contributed by atoms with E-state index < -0.39 is 4.92 Å². The fraction of sp³-hybridized carbons (Fsp3) is 0.150. The number of nitrogens with zero attached hydrogens (tertiary/aromatic N) is 4. The Morgan fingerprint density at radius 1 is 1.17 bits per heavy atom. The Kier molecular flexibility index (Phi) is 4.72. The number of ether oxygens (including phenoxy) is 2. The van der Waals surface area contributed by atoms with Gasteiger partial charge < -0.3 is 9.47 Å². The number of aryl methyl sites for hydroxylation is 1. The highest BCUT2D eigenvalue weighted by molar-refractivity contribution is 7.98. The van der Waals surface area contributed by atoms with Crippen molar-refractivity contribution in [3.8, 4) is 22.8 Å². The first kappa shape index (κ1) is 18.8. The summed E-state index contributed by atoms with van der Waals surface area (Å²) in [7, 11) is 0. The quantitative estimate of drug-likeness (QED) is 0.244. The molecular weight excluding hydrogens is 424 g/mol. The summed E-state index contributed by atoms with van der Waals surface area (Å²) in [6, 6.07) is 12.3. The molecule has 0 N–H and O–H groups in total. The third-order valence-corrected chi connectivity index (χ3v) is 6.54. The Morgan fingerprint density at radius 3 is 2.90 bits per heavy atom. The molecule has 0 amide bonds. The number of fused-ring (bicyclic) bond motifs is 2. The van der Waals surface area contributed by atoms with Crippen molar-refractivity contribution in [3.63, 3.8) is 0 Å². The normalized spacial score (nSPS) is 12.4. The van der Waals surface area contributed by atoms with Crippen LogP contribution in [0.5, 0.6) is 11.5 Å². The fourth-order valence-electron chi connectivity index (χ4n) is 3.16. The number of rotatable bonds is 5. The van der Waals surface area contributed by atoms with E-state index in [1.54, 1.807) is 23.5 Å². The van der Waals surface area contributed by atoms with Crippen molar-refractivity contribution in [2.45, 2.75) is 17.7 Å². The molecule has 5 rings (SSSR count). The molecule has 0 aliphatic carbocycles. The lowest BCUT2D eigenvalue weighted by molar-refractivity contribution is -0.384. The average molecular weight is 438 g/mol. The second kappa shape index (κ2) is 7.54. The summed E-state index contributed by atoms with van der Waals surface area (Å²) in [5, 5.41) is 21.5. The maximum atomic E-state index is 11.0. The van der Waals surface area contributed by atoms with Crippen molar-refractivity contribution in [2.75, 3.05) is 6.79 Å². The smallest absolute Gasteiger partial charge is 0.269 e. The first-order valence-corrected chi connectivity index (χ1v) is 10.8. The Balaban J connectivity index is 1.48. The standard InChI is InChI=1S/C20H14N4O4S2/c1-11-21-18-19(30-11)17(13-5-6-15-16(8-13)28-10-27-15)22-23-20(18)29-9-12-3-2-4-14(7-12)24(25)26/h2-8H,9-10H2,1H3. The fourth-order valence-corrected chi connectivity index (χ4v) is 5.02. The molecule has 1 aliphatic heterocycles. The van der Waals surface area contributed by atoms with E-state index in [4.69, 9.17) is 9.47 Å². The Morgan fingerprint density at radius 2 is 2.03 bits per heavy atom. The van der Waals surface area contributed by atoms with Crippen LogP contribution < -0.4 is 9.47 Å². The monoisotopic (exact) mass is 438 g/mol. The van der Waals surface area contributed by atoms with Crippen LogP contribution >= 0.6 is 23.1 Å². The SMILES string of the molecule is Cc1nc2c(SCc3cccc([N+](=O)[O-])c3)nnc(-c3ccc4c(c3)OCO4)c2s1. The van der Waals surface area contributed by atoms with Crippen LogP contribution in [0.3, 0.4) is 0 Å². The maximum Gasteiger partial charge on any atom is 0.269 e. The molecule has 0 unspecified atom stereocenters. The molecule has 30 heavy (non-hydrogen) atoms. The molecule has 0 radical (unpaired) electrons. The van der Waals surface area contributed by atoms with Gasteiger partial charge in [-0.05, 0) is 30.7 Å². The highest BCUT2D eigenvalue weighted by Crippen LogP contribution is 2.40. The maximum absolute atomic E-state index is 11.0. The van der Waals surface area contributed by atoms with Crippen LogP contribution in [0.25, 0.3) is 21.5 Å². The average Bonchev–Trinajstić information content (AvgIpc) is 3.37. The van der Waals surface area contributed by atoms with Gasteiger partial charge in [-0.2, -0.15) is 0 Å². The largest absolute Gasteiger partial charge is 0.454 e. The van der Waals surface area contributed by atoms with Crippen LogP contribution in [0.2, 0.25) is 0 Å². The van der Waals surface area contributed by atoms with Gasteiger partial charge in [-0.3, -0.25) is 10.1 Å². The van der Waals surface area contributed by atoms with Crippen LogP contribution in [0.4, 0.5) is 5.69 Å². The highest BCUT2D eigenvalue weighted by Gasteiger charge is 2.19. The third kappa shape index (κ3) is 3.44. The van der Waals surface area contributed by atoms with Crippen LogP contribution in [0.15, 0.2) is 47.5 Å². The number of non-ortho nitro benzene ring substituents is 1. The predicted molar refractivity (Wildman–Crippen MR) is 114 cm³/mol. The lowest BCUT2D eigenvalue weighted by atomic mass is 10.1. The third-order valence-electron chi connectivity index (χ3n) is 4.54. The molecule has 10 heteroatoms. The van der Waals surface area contributed by atoms with Crippen molar-refractivity contribution in [1.82, 2.24) is 15.2 Å². The van der Waals surface area contributed by atoms with Gasteiger partial charge in [-0.15, -0.1) is 21.5 Å². The van der Waals surface area contributed by atoms with Gasteiger partial charge in [-0.25, -0.2) is 4.98 Å². The van der Waals surface area contributed by atoms with Gasteiger partial charge in [0.1, 0.15) is 16.2 Å². The van der Waals surface area contributed by atoms with Gasteiger partial charge in [0.2, 0.25) is 6.79 Å².